The van der Waals surface area contributed by atoms with Gasteiger partial charge in [0, 0.05) is 24.0 Å². The number of ether oxygens (including phenoxy) is 1. The van der Waals surface area contributed by atoms with Gasteiger partial charge in [0.1, 0.15) is 0 Å². The van der Waals surface area contributed by atoms with Gasteiger partial charge in [-0.05, 0) is 35.9 Å². The number of benzene rings is 1. The van der Waals surface area contributed by atoms with E-state index in [4.69, 9.17) is 4.74 Å². The van der Waals surface area contributed by atoms with Crippen LogP contribution in [0, 0.1) is 0 Å². The molecule has 2 heterocycles. The Bertz CT molecular complexity index is 585. The van der Waals surface area contributed by atoms with Crippen molar-refractivity contribution in [2.24, 2.45) is 0 Å². The number of nitrogens with zero attached hydrogens (tertiary/aromatic N) is 1. The first-order chi connectivity index (χ1) is 10.7. The van der Waals surface area contributed by atoms with E-state index in [0.717, 1.165) is 13.0 Å². The van der Waals surface area contributed by atoms with Crippen molar-refractivity contribution in [2.75, 3.05) is 19.7 Å². The van der Waals surface area contributed by atoms with Gasteiger partial charge in [-0.1, -0.05) is 30.3 Å². The summed E-state index contributed by atoms with van der Waals surface area (Å²) in [5.74, 6) is 0. The lowest BCUT2D eigenvalue weighted by atomic mass is 9.93. The first-order valence-electron chi connectivity index (χ1n) is 7.84. The van der Waals surface area contributed by atoms with E-state index < -0.39 is 6.10 Å². The zero-order chi connectivity index (χ0) is 15.4. The quantitative estimate of drug-likeness (QED) is 0.888. The maximum atomic E-state index is 10.2. The Morgan fingerprint density at radius 1 is 1.32 bits per heavy atom. The first kappa shape index (κ1) is 15.7. The second-order valence-corrected chi connectivity index (χ2v) is 6.90. The largest absolute Gasteiger partial charge is 0.389 e. The Balaban J connectivity index is 1.48. The average Bonchev–Trinajstić information content (AvgIpc) is 3.04. The standard InChI is InChI=1S/C18H23NO2S/c1-14-18-7-3-2-5-15(18)8-9-19(14)11-16(20)12-21-13-17-6-4-10-22-17/h2-7,10,14,16,20H,8-9,11-13H2,1H3. The minimum Gasteiger partial charge on any atom is -0.389 e. The zero-order valence-corrected chi connectivity index (χ0v) is 13.8. The highest BCUT2D eigenvalue weighted by atomic mass is 32.1. The average molecular weight is 317 g/mol. The van der Waals surface area contributed by atoms with E-state index >= 15 is 0 Å². The molecule has 0 saturated carbocycles. The van der Waals surface area contributed by atoms with Crippen molar-refractivity contribution in [1.29, 1.82) is 0 Å². The third-order valence-electron chi connectivity index (χ3n) is 4.30. The van der Waals surface area contributed by atoms with Gasteiger partial charge in [-0.2, -0.15) is 0 Å². The van der Waals surface area contributed by atoms with Crippen molar-refractivity contribution in [3.63, 3.8) is 0 Å². The molecule has 118 valence electrons. The van der Waals surface area contributed by atoms with Crippen molar-refractivity contribution in [3.8, 4) is 0 Å². The van der Waals surface area contributed by atoms with Gasteiger partial charge >= 0.3 is 0 Å². The number of hydrogen-bond donors (Lipinski definition) is 1. The molecule has 22 heavy (non-hydrogen) atoms. The number of aliphatic hydroxyl groups excluding tert-OH is 1. The SMILES string of the molecule is CC1c2ccccc2CCN1CC(O)COCc1cccs1. The molecular weight excluding hydrogens is 294 g/mol. The second kappa shape index (κ2) is 7.38. The third kappa shape index (κ3) is 3.76. The van der Waals surface area contributed by atoms with Crippen LogP contribution in [0.4, 0.5) is 0 Å². The van der Waals surface area contributed by atoms with Crippen LogP contribution in [0.2, 0.25) is 0 Å². The maximum absolute atomic E-state index is 10.2. The highest BCUT2D eigenvalue weighted by molar-refractivity contribution is 7.09. The minimum absolute atomic E-state index is 0.358. The lowest BCUT2D eigenvalue weighted by molar-refractivity contribution is 0.00279. The number of rotatable bonds is 6. The Kier molecular flexibility index (Phi) is 5.26. The predicted molar refractivity (Wildman–Crippen MR) is 90.1 cm³/mol. The normalized spacial score (nSPS) is 19.8. The molecule has 4 heteroatoms. The minimum atomic E-state index is -0.437. The maximum Gasteiger partial charge on any atom is 0.0900 e. The van der Waals surface area contributed by atoms with Gasteiger partial charge in [0.05, 0.1) is 19.3 Å². The second-order valence-electron chi connectivity index (χ2n) is 5.87. The molecule has 1 aliphatic heterocycles. The highest BCUT2D eigenvalue weighted by Crippen LogP contribution is 2.29. The van der Waals surface area contributed by atoms with E-state index in [1.165, 1.54) is 16.0 Å². The van der Waals surface area contributed by atoms with Crippen molar-refractivity contribution in [2.45, 2.75) is 32.1 Å². The molecule has 0 aliphatic carbocycles. The number of thiophene rings is 1. The molecule has 2 unspecified atom stereocenters. The fourth-order valence-corrected chi connectivity index (χ4v) is 3.73. The van der Waals surface area contributed by atoms with E-state index in [1.54, 1.807) is 11.3 Å². The number of aliphatic hydroxyl groups is 1. The summed E-state index contributed by atoms with van der Waals surface area (Å²) in [6.45, 7) is 4.87. The Morgan fingerprint density at radius 3 is 3.00 bits per heavy atom. The van der Waals surface area contributed by atoms with Crippen molar-refractivity contribution in [3.05, 3.63) is 57.8 Å². The fourth-order valence-electron chi connectivity index (χ4n) is 3.09. The lowest BCUT2D eigenvalue weighted by Gasteiger charge is -2.36. The number of hydrogen-bond acceptors (Lipinski definition) is 4. The van der Waals surface area contributed by atoms with Crippen LogP contribution < -0.4 is 0 Å². The van der Waals surface area contributed by atoms with Crippen LogP contribution in [0.15, 0.2) is 41.8 Å². The van der Waals surface area contributed by atoms with Crippen LogP contribution >= 0.6 is 11.3 Å². The molecule has 0 radical (unpaired) electrons. The van der Waals surface area contributed by atoms with Crippen LogP contribution in [0.1, 0.15) is 29.0 Å². The molecule has 1 aromatic carbocycles. The summed E-state index contributed by atoms with van der Waals surface area (Å²) in [4.78, 5) is 3.55. The Hall–Kier alpha value is -1.20. The number of fused-ring (bicyclic) bond motifs is 1. The summed E-state index contributed by atoms with van der Waals surface area (Å²) in [5.41, 5.74) is 2.83. The van der Waals surface area contributed by atoms with Crippen LogP contribution in [0.25, 0.3) is 0 Å². The zero-order valence-electron chi connectivity index (χ0n) is 12.9. The number of β-amino-alcohol motifs (C(OH)–C–C–N with tert-alkyl or cyclic N) is 1. The molecule has 3 nitrogen and oxygen atoms in total. The van der Waals surface area contributed by atoms with E-state index in [0.29, 0.717) is 25.8 Å². The van der Waals surface area contributed by atoms with Crippen LogP contribution in [-0.4, -0.2) is 35.8 Å². The van der Waals surface area contributed by atoms with Crippen LogP contribution in [0.5, 0.6) is 0 Å². The highest BCUT2D eigenvalue weighted by Gasteiger charge is 2.24. The molecule has 0 saturated heterocycles. The predicted octanol–water partition coefficient (Wildman–Crippen LogP) is 3.24. The molecule has 2 aromatic rings. The topological polar surface area (TPSA) is 32.7 Å². The molecule has 0 amide bonds. The monoisotopic (exact) mass is 317 g/mol. The summed E-state index contributed by atoms with van der Waals surface area (Å²) < 4.78 is 5.62. The molecule has 0 fully saturated rings. The molecule has 2 atom stereocenters. The smallest absolute Gasteiger partial charge is 0.0900 e. The van der Waals surface area contributed by atoms with Gasteiger partial charge in [-0.3, -0.25) is 4.90 Å². The summed E-state index contributed by atoms with van der Waals surface area (Å²) in [7, 11) is 0. The molecule has 1 N–H and O–H groups in total. The van der Waals surface area contributed by atoms with E-state index in [9.17, 15) is 5.11 Å². The van der Waals surface area contributed by atoms with Crippen LogP contribution in [0.3, 0.4) is 0 Å². The summed E-state index contributed by atoms with van der Waals surface area (Å²) in [6, 6.07) is 13.0. The van der Waals surface area contributed by atoms with Gasteiger partial charge in [-0.25, -0.2) is 0 Å². The van der Waals surface area contributed by atoms with Gasteiger partial charge in [-0.15, -0.1) is 11.3 Å². The van der Waals surface area contributed by atoms with Gasteiger partial charge in [0.15, 0.2) is 0 Å². The molecule has 0 bridgehead atoms. The van der Waals surface area contributed by atoms with Crippen LogP contribution in [-0.2, 0) is 17.8 Å². The van der Waals surface area contributed by atoms with Crippen molar-refractivity contribution in [1.82, 2.24) is 4.90 Å². The Labute approximate surface area is 136 Å². The lowest BCUT2D eigenvalue weighted by Crippen LogP contribution is -2.40. The molecule has 0 spiro atoms. The fraction of sp³-hybridized carbons (Fsp3) is 0.444. The summed E-state index contributed by atoms with van der Waals surface area (Å²) >= 11 is 1.69. The van der Waals surface area contributed by atoms with Gasteiger partial charge < -0.3 is 9.84 Å². The molecular formula is C18H23NO2S. The van der Waals surface area contributed by atoms with Gasteiger partial charge in [0.25, 0.3) is 0 Å². The molecule has 1 aromatic heterocycles. The van der Waals surface area contributed by atoms with Crippen molar-refractivity contribution >= 4 is 11.3 Å². The van der Waals surface area contributed by atoms with E-state index in [-0.39, 0.29) is 0 Å². The van der Waals surface area contributed by atoms with E-state index in [1.807, 2.05) is 11.4 Å². The summed E-state index contributed by atoms with van der Waals surface area (Å²) in [5, 5.41) is 12.3. The Morgan fingerprint density at radius 2 is 2.18 bits per heavy atom. The van der Waals surface area contributed by atoms with Crippen molar-refractivity contribution < 1.29 is 9.84 Å². The third-order valence-corrected chi connectivity index (χ3v) is 5.15. The van der Waals surface area contributed by atoms with Gasteiger partial charge in [0.2, 0.25) is 0 Å². The summed E-state index contributed by atoms with van der Waals surface area (Å²) in [6.07, 6.45) is 0.621. The molecule has 3 rings (SSSR count). The first-order valence-corrected chi connectivity index (χ1v) is 8.72. The molecule has 1 aliphatic rings. The van der Waals surface area contributed by atoms with E-state index in [2.05, 4.69) is 42.2 Å².